The Balaban J connectivity index is 2.47. The molecular weight excluding hydrogens is 323 g/mol. The Labute approximate surface area is 138 Å². The highest BCUT2D eigenvalue weighted by Gasteiger charge is 2.29. The molecule has 0 aromatic heterocycles. The molecule has 132 valence electrons. The molecule has 1 N–H and O–H groups in total. The van der Waals surface area contributed by atoms with E-state index < -0.39 is 30.2 Å². The van der Waals surface area contributed by atoms with Crippen molar-refractivity contribution in [3.63, 3.8) is 0 Å². The Morgan fingerprint density at radius 3 is 2.25 bits per heavy atom. The summed E-state index contributed by atoms with van der Waals surface area (Å²) in [6.07, 6.45) is -2.03. The molecule has 1 amide bonds. The maximum absolute atomic E-state index is 12.4. The van der Waals surface area contributed by atoms with Crippen LogP contribution in [-0.4, -0.2) is 24.5 Å². The first-order valence-corrected chi connectivity index (χ1v) is 7.41. The van der Waals surface area contributed by atoms with Gasteiger partial charge in [-0.25, -0.2) is 4.79 Å². The molecule has 0 radical (unpaired) electrons. The zero-order valence-corrected chi connectivity index (χ0v) is 13.7. The fourth-order valence-corrected chi connectivity index (χ4v) is 1.59. The Morgan fingerprint density at radius 1 is 1.17 bits per heavy atom. The number of ether oxygens (including phenoxy) is 1. The highest BCUT2D eigenvalue weighted by atomic mass is 19.4. The summed E-state index contributed by atoms with van der Waals surface area (Å²) in [5.41, 5.74) is -0.351. The van der Waals surface area contributed by atoms with Gasteiger partial charge < -0.3 is 10.1 Å². The fraction of sp³-hybridized carbons (Fsp3) is 0.412. The number of hydrogen-bond donors (Lipinski definition) is 1. The smallest absolute Gasteiger partial charge is 0.416 e. The molecule has 1 aromatic carbocycles. The maximum atomic E-state index is 12.4. The molecule has 0 spiro atoms. The van der Waals surface area contributed by atoms with Crippen molar-refractivity contribution < 1.29 is 27.5 Å². The van der Waals surface area contributed by atoms with Crippen LogP contribution in [0.5, 0.6) is 0 Å². The third-order valence-corrected chi connectivity index (χ3v) is 3.38. The summed E-state index contributed by atoms with van der Waals surface area (Å²) in [5, 5.41) is 2.68. The first-order valence-electron chi connectivity index (χ1n) is 7.41. The zero-order valence-electron chi connectivity index (χ0n) is 13.7. The van der Waals surface area contributed by atoms with Gasteiger partial charge in [-0.15, -0.1) is 0 Å². The summed E-state index contributed by atoms with van der Waals surface area (Å²) >= 11 is 0. The van der Waals surface area contributed by atoms with Gasteiger partial charge in [0.2, 0.25) is 0 Å². The maximum Gasteiger partial charge on any atom is 0.416 e. The number of nitrogens with one attached hydrogen (secondary N) is 1. The average Bonchev–Trinajstić information content (AvgIpc) is 2.50. The van der Waals surface area contributed by atoms with Gasteiger partial charge in [0.25, 0.3) is 5.91 Å². The largest absolute Gasteiger partial charge is 0.452 e. The molecule has 0 unspecified atom stereocenters. The van der Waals surface area contributed by atoms with E-state index in [9.17, 15) is 22.8 Å². The number of benzene rings is 1. The number of hydrogen-bond acceptors (Lipinski definition) is 3. The fourth-order valence-electron chi connectivity index (χ4n) is 1.59. The van der Waals surface area contributed by atoms with Crippen molar-refractivity contribution in [3.8, 4) is 0 Å². The lowest BCUT2D eigenvalue weighted by molar-refractivity contribution is -0.144. The Morgan fingerprint density at radius 2 is 1.75 bits per heavy atom. The summed E-state index contributed by atoms with van der Waals surface area (Å²) in [7, 11) is 0. The molecule has 0 bridgehead atoms. The van der Waals surface area contributed by atoms with Crippen LogP contribution in [0.3, 0.4) is 0 Å². The lowest BCUT2D eigenvalue weighted by Crippen LogP contribution is -2.38. The summed E-state index contributed by atoms with van der Waals surface area (Å²) in [6, 6.07) is 4.28. The van der Waals surface area contributed by atoms with E-state index in [2.05, 4.69) is 5.32 Å². The van der Waals surface area contributed by atoms with E-state index in [0.29, 0.717) is 5.56 Å². The molecule has 4 nitrogen and oxygen atoms in total. The zero-order chi connectivity index (χ0) is 18.3. The number of carbonyl (C=O) groups is 2. The van der Waals surface area contributed by atoms with Crippen LogP contribution in [-0.2, 0) is 20.5 Å². The van der Waals surface area contributed by atoms with E-state index in [4.69, 9.17) is 4.74 Å². The molecule has 0 aliphatic heterocycles. The highest BCUT2D eigenvalue weighted by Crippen LogP contribution is 2.29. The summed E-state index contributed by atoms with van der Waals surface area (Å²) < 4.78 is 42.0. The van der Waals surface area contributed by atoms with Crippen molar-refractivity contribution in [3.05, 3.63) is 41.5 Å². The number of esters is 1. The van der Waals surface area contributed by atoms with Crippen molar-refractivity contribution in [2.24, 2.45) is 5.92 Å². The second-order valence-electron chi connectivity index (χ2n) is 5.66. The number of carbonyl (C=O) groups excluding carboxylic acids is 2. The van der Waals surface area contributed by atoms with Crippen LogP contribution < -0.4 is 5.32 Å². The minimum absolute atomic E-state index is 0.0427. The predicted molar refractivity (Wildman–Crippen MR) is 83.9 cm³/mol. The summed E-state index contributed by atoms with van der Waals surface area (Å²) in [6.45, 7) is 5.33. The molecule has 0 aliphatic carbocycles. The number of alkyl halides is 3. The summed E-state index contributed by atoms with van der Waals surface area (Å²) in [5.74, 6) is -0.904. The molecule has 7 heteroatoms. The van der Waals surface area contributed by atoms with Gasteiger partial charge in [-0.05, 0) is 36.6 Å². The minimum atomic E-state index is -4.40. The van der Waals surface area contributed by atoms with E-state index in [0.717, 1.165) is 18.2 Å². The van der Waals surface area contributed by atoms with Gasteiger partial charge in [0.15, 0.2) is 6.61 Å². The molecule has 1 rings (SSSR count). The van der Waals surface area contributed by atoms with Crippen molar-refractivity contribution in [2.45, 2.75) is 33.0 Å². The molecule has 1 aromatic rings. The van der Waals surface area contributed by atoms with Gasteiger partial charge in [-0.2, -0.15) is 13.2 Å². The number of halogens is 3. The van der Waals surface area contributed by atoms with Gasteiger partial charge in [0.1, 0.15) is 0 Å². The normalized spacial score (nSPS) is 13.1. The van der Waals surface area contributed by atoms with Gasteiger partial charge in [0, 0.05) is 12.1 Å². The molecule has 0 saturated heterocycles. The molecule has 0 heterocycles. The van der Waals surface area contributed by atoms with Crippen LogP contribution in [0, 0.1) is 5.92 Å². The quantitative estimate of drug-likeness (QED) is 0.636. The lowest BCUT2D eigenvalue weighted by Gasteiger charge is -2.16. The van der Waals surface area contributed by atoms with E-state index in [1.54, 1.807) is 0 Å². The third-order valence-electron chi connectivity index (χ3n) is 3.38. The van der Waals surface area contributed by atoms with Gasteiger partial charge >= 0.3 is 12.1 Å². The van der Waals surface area contributed by atoms with Crippen LogP contribution in [0.25, 0.3) is 6.08 Å². The first kappa shape index (κ1) is 19.7. The Kier molecular flexibility index (Phi) is 7.00. The predicted octanol–water partition coefficient (Wildman–Crippen LogP) is 3.42. The van der Waals surface area contributed by atoms with Gasteiger partial charge in [-0.1, -0.05) is 26.0 Å². The molecule has 0 saturated carbocycles. The molecule has 24 heavy (non-hydrogen) atoms. The minimum Gasteiger partial charge on any atom is -0.452 e. The van der Waals surface area contributed by atoms with Crippen molar-refractivity contribution in [1.82, 2.24) is 5.32 Å². The van der Waals surface area contributed by atoms with Crippen LogP contribution in [0.1, 0.15) is 31.9 Å². The molecule has 1 atom stereocenters. The standard InChI is InChI=1S/C17H20F3NO3/c1-11(2)12(3)21-15(22)10-24-16(23)9-6-13-4-7-14(8-5-13)17(18,19)20/h4-9,11-12H,10H2,1-3H3,(H,21,22)/b9-6+/t12-/m1/s1. The Bertz CT molecular complexity index is 592. The Hall–Kier alpha value is -2.31. The average molecular weight is 343 g/mol. The van der Waals surface area contributed by atoms with Gasteiger partial charge in [-0.3, -0.25) is 4.79 Å². The highest BCUT2D eigenvalue weighted by molar-refractivity contribution is 5.89. The van der Waals surface area contributed by atoms with E-state index in [-0.39, 0.29) is 12.0 Å². The number of amides is 1. The molecule has 0 aliphatic rings. The second kappa shape index (κ2) is 8.52. The van der Waals surface area contributed by atoms with E-state index >= 15 is 0 Å². The molecule has 0 fully saturated rings. The van der Waals surface area contributed by atoms with Crippen molar-refractivity contribution in [1.29, 1.82) is 0 Å². The van der Waals surface area contributed by atoms with Crippen LogP contribution in [0.2, 0.25) is 0 Å². The van der Waals surface area contributed by atoms with Crippen molar-refractivity contribution >= 4 is 18.0 Å². The third kappa shape index (κ3) is 6.85. The van der Waals surface area contributed by atoms with Crippen LogP contribution >= 0.6 is 0 Å². The van der Waals surface area contributed by atoms with Gasteiger partial charge in [0.05, 0.1) is 5.56 Å². The van der Waals surface area contributed by atoms with Crippen LogP contribution in [0.15, 0.2) is 30.3 Å². The topological polar surface area (TPSA) is 55.4 Å². The van der Waals surface area contributed by atoms with Crippen molar-refractivity contribution in [2.75, 3.05) is 6.61 Å². The lowest BCUT2D eigenvalue weighted by atomic mass is 10.1. The van der Waals surface area contributed by atoms with E-state index in [1.807, 2.05) is 20.8 Å². The SMILES string of the molecule is CC(C)[C@@H](C)NC(=O)COC(=O)/C=C/c1ccc(C(F)(F)F)cc1. The van der Waals surface area contributed by atoms with Crippen LogP contribution in [0.4, 0.5) is 13.2 Å². The molecular formula is C17H20F3NO3. The number of rotatable bonds is 6. The first-order chi connectivity index (χ1) is 11.1. The second-order valence-corrected chi connectivity index (χ2v) is 5.66. The monoisotopic (exact) mass is 343 g/mol. The van der Waals surface area contributed by atoms with E-state index in [1.165, 1.54) is 18.2 Å². The summed E-state index contributed by atoms with van der Waals surface area (Å²) in [4.78, 5) is 23.0.